The molecule has 1 aliphatic rings. The van der Waals surface area contributed by atoms with Crippen LogP contribution in [0.4, 0.5) is 18.0 Å². The molecule has 1 aromatic heterocycles. The molecule has 1 aliphatic heterocycles. The predicted octanol–water partition coefficient (Wildman–Crippen LogP) is 3.07. The molecule has 0 bridgehead atoms. The van der Waals surface area contributed by atoms with Gasteiger partial charge in [-0.25, -0.2) is 4.79 Å². The average Bonchev–Trinajstić information content (AvgIpc) is 2.80. The van der Waals surface area contributed by atoms with Gasteiger partial charge in [-0.15, -0.1) is 0 Å². The molecule has 5 nitrogen and oxygen atoms in total. The maximum absolute atomic E-state index is 12.8. The van der Waals surface area contributed by atoms with Gasteiger partial charge in [0.1, 0.15) is 0 Å². The van der Waals surface area contributed by atoms with Crippen LogP contribution in [0, 0.1) is 0 Å². The molecule has 1 fully saturated rings. The van der Waals surface area contributed by atoms with Gasteiger partial charge in [0.2, 0.25) is 0 Å². The average molecular weight is 349 g/mol. The lowest BCUT2D eigenvalue weighted by Gasteiger charge is -2.21. The Hall–Kier alpha value is -2.90. The van der Waals surface area contributed by atoms with Gasteiger partial charge in [0, 0.05) is 6.20 Å². The number of halogens is 3. The third-order valence-electron chi connectivity index (χ3n) is 4.05. The second-order valence-corrected chi connectivity index (χ2v) is 5.86. The summed E-state index contributed by atoms with van der Waals surface area (Å²) in [5.41, 5.74) is -1.60. The Balaban J connectivity index is 1.87. The molecule has 0 unspecified atom stereocenters. The largest absolute Gasteiger partial charge is 0.416 e. The number of urea groups is 1. The molecule has 0 aliphatic carbocycles. The molecule has 8 heteroatoms. The van der Waals surface area contributed by atoms with E-state index in [9.17, 15) is 22.8 Å². The number of carbonyl (C=O) groups excluding carboxylic acids is 2. The molecule has 130 valence electrons. The number of aromatic nitrogens is 1. The van der Waals surface area contributed by atoms with E-state index >= 15 is 0 Å². The van der Waals surface area contributed by atoms with E-state index in [-0.39, 0.29) is 12.1 Å². The smallest absolute Gasteiger partial charge is 0.318 e. The van der Waals surface area contributed by atoms with E-state index in [4.69, 9.17) is 0 Å². The third kappa shape index (κ3) is 3.07. The Morgan fingerprint density at radius 3 is 2.56 bits per heavy atom. The van der Waals surface area contributed by atoms with Crippen molar-refractivity contribution in [2.24, 2.45) is 0 Å². The highest BCUT2D eigenvalue weighted by molar-refractivity contribution is 6.06. The molecule has 3 rings (SSSR count). The van der Waals surface area contributed by atoms with Crippen LogP contribution in [0.2, 0.25) is 0 Å². The summed E-state index contributed by atoms with van der Waals surface area (Å²) in [4.78, 5) is 29.9. The van der Waals surface area contributed by atoms with Crippen LogP contribution in [0.5, 0.6) is 0 Å². The van der Waals surface area contributed by atoms with E-state index in [2.05, 4.69) is 10.3 Å². The van der Waals surface area contributed by atoms with Crippen LogP contribution in [-0.4, -0.2) is 21.8 Å². The summed E-state index contributed by atoms with van der Waals surface area (Å²) in [6, 6.07) is 8.84. The van der Waals surface area contributed by atoms with Gasteiger partial charge in [0.05, 0.1) is 17.8 Å². The molecule has 1 aromatic carbocycles. The number of imide groups is 1. The Labute approximate surface area is 141 Å². The van der Waals surface area contributed by atoms with Crippen molar-refractivity contribution in [2.45, 2.75) is 25.2 Å². The fraction of sp³-hybridized carbons (Fsp3) is 0.235. The number of carbonyl (C=O) groups is 2. The summed E-state index contributed by atoms with van der Waals surface area (Å²) in [6.07, 6.45) is -2.99. The molecule has 0 spiro atoms. The molecule has 0 radical (unpaired) electrons. The van der Waals surface area contributed by atoms with Crippen LogP contribution >= 0.6 is 0 Å². The number of nitrogens with one attached hydrogen (secondary N) is 1. The minimum atomic E-state index is -4.49. The van der Waals surface area contributed by atoms with Gasteiger partial charge in [0.15, 0.2) is 5.54 Å². The Morgan fingerprint density at radius 1 is 1.16 bits per heavy atom. The Bertz CT molecular complexity index is 823. The van der Waals surface area contributed by atoms with Crippen molar-refractivity contribution >= 4 is 11.9 Å². The van der Waals surface area contributed by atoms with Gasteiger partial charge in [0.25, 0.3) is 5.91 Å². The molecule has 0 saturated carbocycles. The predicted molar refractivity (Wildman–Crippen MR) is 82.1 cm³/mol. The molecule has 1 atom stereocenters. The number of pyridine rings is 1. The summed E-state index contributed by atoms with van der Waals surface area (Å²) in [5.74, 6) is -0.561. The summed E-state index contributed by atoms with van der Waals surface area (Å²) >= 11 is 0. The van der Waals surface area contributed by atoms with Crippen LogP contribution in [0.15, 0.2) is 48.7 Å². The molecule has 1 N–H and O–H groups in total. The quantitative estimate of drug-likeness (QED) is 0.867. The first kappa shape index (κ1) is 16.9. The summed E-state index contributed by atoms with van der Waals surface area (Å²) in [5, 5.41) is 2.56. The van der Waals surface area contributed by atoms with Crippen LogP contribution < -0.4 is 5.32 Å². The number of hydrogen-bond acceptors (Lipinski definition) is 3. The zero-order chi connectivity index (χ0) is 18.2. The number of alkyl halides is 3. The van der Waals surface area contributed by atoms with Crippen LogP contribution in [0.3, 0.4) is 0 Å². The van der Waals surface area contributed by atoms with Crippen molar-refractivity contribution in [2.75, 3.05) is 0 Å². The fourth-order valence-electron chi connectivity index (χ4n) is 2.70. The highest BCUT2D eigenvalue weighted by atomic mass is 19.4. The minimum absolute atomic E-state index is 0.212. The number of rotatable bonds is 3. The van der Waals surface area contributed by atoms with E-state index in [1.54, 1.807) is 18.2 Å². The standard InChI is InChI=1S/C17H14F3N3O2/c1-16(13-7-2-3-8-21-13)14(24)23(15(25)22-16)10-11-5-4-6-12(9-11)17(18,19)20/h2-9H,10H2,1H3,(H,22,25)/t16-/m1/s1. The van der Waals surface area contributed by atoms with Crippen molar-refractivity contribution < 1.29 is 22.8 Å². The molecular weight excluding hydrogens is 335 g/mol. The molecule has 2 heterocycles. The number of nitrogens with zero attached hydrogens (tertiary/aromatic N) is 2. The van der Waals surface area contributed by atoms with Crippen molar-refractivity contribution in [1.29, 1.82) is 0 Å². The number of amides is 3. The van der Waals surface area contributed by atoms with E-state index in [1.807, 2.05) is 0 Å². The fourth-order valence-corrected chi connectivity index (χ4v) is 2.70. The van der Waals surface area contributed by atoms with E-state index in [1.165, 1.54) is 25.3 Å². The lowest BCUT2D eigenvalue weighted by molar-refractivity contribution is -0.137. The molecule has 1 saturated heterocycles. The first-order chi connectivity index (χ1) is 11.7. The van der Waals surface area contributed by atoms with Gasteiger partial charge in [-0.3, -0.25) is 14.7 Å². The highest BCUT2D eigenvalue weighted by Gasteiger charge is 2.49. The molecular formula is C17H14F3N3O2. The summed E-state index contributed by atoms with van der Waals surface area (Å²) in [7, 11) is 0. The van der Waals surface area contributed by atoms with Crippen molar-refractivity contribution in [1.82, 2.24) is 15.2 Å². The highest BCUT2D eigenvalue weighted by Crippen LogP contribution is 2.31. The Kier molecular flexibility index (Phi) is 3.98. The van der Waals surface area contributed by atoms with E-state index in [0.29, 0.717) is 5.69 Å². The third-order valence-corrected chi connectivity index (χ3v) is 4.05. The number of hydrogen-bond donors (Lipinski definition) is 1. The van der Waals surface area contributed by atoms with Gasteiger partial charge in [-0.05, 0) is 36.8 Å². The molecule has 25 heavy (non-hydrogen) atoms. The number of benzene rings is 1. The summed E-state index contributed by atoms with van der Waals surface area (Å²) in [6.45, 7) is 1.26. The van der Waals surface area contributed by atoms with Gasteiger partial charge in [-0.1, -0.05) is 18.2 Å². The monoisotopic (exact) mass is 349 g/mol. The van der Waals surface area contributed by atoms with Gasteiger partial charge < -0.3 is 5.32 Å². The van der Waals surface area contributed by atoms with Crippen LogP contribution in [0.25, 0.3) is 0 Å². The molecule has 3 amide bonds. The SMILES string of the molecule is C[C@]1(c2ccccn2)NC(=O)N(Cc2cccc(C(F)(F)F)c2)C1=O. The van der Waals surface area contributed by atoms with Crippen molar-refractivity contribution in [3.8, 4) is 0 Å². The first-order valence-electron chi connectivity index (χ1n) is 7.43. The van der Waals surface area contributed by atoms with E-state index < -0.39 is 29.2 Å². The van der Waals surface area contributed by atoms with E-state index in [0.717, 1.165) is 17.0 Å². The lowest BCUT2D eigenvalue weighted by Crippen LogP contribution is -2.41. The lowest BCUT2D eigenvalue weighted by atomic mass is 9.97. The zero-order valence-electron chi connectivity index (χ0n) is 13.2. The first-order valence-corrected chi connectivity index (χ1v) is 7.43. The molecule has 2 aromatic rings. The zero-order valence-corrected chi connectivity index (χ0v) is 13.2. The maximum Gasteiger partial charge on any atom is 0.416 e. The van der Waals surface area contributed by atoms with Crippen LogP contribution in [-0.2, 0) is 23.1 Å². The topological polar surface area (TPSA) is 62.3 Å². The summed E-state index contributed by atoms with van der Waals surface area (Å²) < 4.78 is 38.4. The normalized spacial score (nSPS) is 20.7. The van der Waals surface area contributed by atoms with Gasteiger partial charge in [-0.2, -0.15) is 13.2 Å². The Morgan fingerprint density at radius 2 is 1.92 bits per heavy atom. The van der Waals surface area contributed by atoms with Gasteiger partial charge >= 0.3 is 12.2 Å². The maximum atomic E-state index is 12.8. The van der Waals surface area contributed by atoms with Crippen molar-refractivity contribution in [3.05, 3.63) is 65.5 Å². The minimum Gasteiger partial charge on any atom is -0.318 e. The second kappa shape index (κ2) is 5.87. The second-order valence-electron chi connectivity index (χ2n) is 5.86. The van der Waals surface area contributed by atoms with Crippen molar-refractivity contribution in [3.63, 3.8) is 0 Å². The van der Waals surface area contributed by atoms with Crippen LogP contribution in [0.1, 0.15) is 23.7 Å².